The third kappa shape index (κ3) is 3.74. The molecule has 1 aromatic carbocycles. The molecule has 0 spiro atoms. The number of nitrogens with zero attached hydrogens (tertiary/aromatic N) is 5. The highest BCUT2D eigenvalue weighted by molar-refractivity contribution is 7.18. The molecule has 5 rings (SSSR count). The number of rotatable bonds is 6. The summed E-state index contributed by atoms with van der Waals surface area (Å²) in [7, 11) is 0. The normalized spacial score (nSPS) is 14.6. The van der Waals surface area contributed by atoms with Crippen molar-refractivity contribution >= 4 is 38.8 Å². The summed E-state index contributed by atoms with van der Waals surface area (Å²) in [5, 5.41) is 23.5. The first kappa shape index (κ1) is 17.9. The minimum absolute atomic E-state index is 0.0343. The molecule has 144 valence electrons. The monoisotopic (exact) mass is 422 g/mol. The van der Waals surface area contributed by atoms with Crippen LogP contribution in [0.15, 0.2) is 34.2 Å². The summed E-state index contributed by atoms with van der Waals surface area (Å²) in [6.07, 6.45) is 3.54. The molecule has 0 saturated heterocycles. The summed E-state index contributed by atoms with van der Waals surface area (Å²) in [5.41, 5.74) is 1.29. The molecule has 3 heterocycles. The molecular formula is C19H14N6O2S2. The van der Waals surface area contributed by atoms with Gasteiger partial charge in [-0.25, -0.2) is 9.97 Å². The van der Waals surface area contributed by atoms with Gasteiger partial charge in [0.2, 0.25) is 17.7 Å². The van der Waals surface area contributed by atoms with Crippen LogP contribution in [-0.2, 0) is 17.6 Å². The number of amides is 1. The zero-order valence-electron chi connectivity index (χ0n) is 15.1. The number of thiazole rings is 2. The van der Waals surface area contributed by atoms with Crippen molar-refractivity contribution in [1.82, 2.24) is 25.5 Å². The van der Waals surface area contributed by atoms with Gasteiger partial charge < -0.3 is 9.73 Å². The summed E-state index contributed by atoms with van der Waals surface area (Å²) in [4.78, 5) is 21.0. The van der Waals surface area contributed by atoms with Crippen LogP contribution in [0.1, 0.15) is 29.6 Å². The summed E-state index contributed by atoms with van der Waals surface area (Å²) in [6.45, 7) is 0. The first-order chi connectivity index (χ1) is 14.1. The zero-order chi connectivity index (χ0) is 19.8. The maximum absolute atomic E-state index is 12.0. The number of carbonyl (C=O) groups excluding carboxylic acids is 1. The number of carbonyl (C=O) groups is 1. The fraction of sp³-hybridized carbons (Fsp3) is 0.263. The Kier molecular flexibility index (Phi) is 4.34. The molecule has 3 aromatic heterocycles. The molecule has 0 aliphatic heterocycles. The van der Waals surface area contributed by atoms with Crippen LogP contribution in [0.2, 0.25) is 0 Å². The van der Waals surface area contributed by atoms with Crippen molar-refractivity contribution in [3.05, 3.63) is 46.6 Å². The fourth-order valence-corrected chi connectivity index (χ4v) is 4.58. The van der Waals surface area contributed by atoms with Gasteiger partial charge >= 0.3 is 0 Å². The molecule has 1 saturated carbocycles. The van der Waals surface area contributed by atoms with Crippen molar-refractivity contribution in [1.29, 1.82) is 5.26 Å². The zero-order valence-corrected chi connectivity index (χ0v) is 16.7. The van der Waals surface area contributed by atoms with Gasteiger partial charge in [-0.1, -0.05) is 0 Å². The molecule has 1 aliphatic rings. The number of hydrogen-bond donors (Lipinski definition) is 1. The van der Waals surface area contributed by atoms with E-state index in [0.717, 1.165) is 25.8 Å². The Labute approximate surface area is 173 Å². The lowest BCUT2D eigenvalue weighted by atomic mass is 10.2. The summed E-state index contributed by atoms with van der Waals surface area (Å²) in [5.74, 6) is 0.362. The molecule has 29 heavy (non-hydrogen) atoms. The van der Waals surface area contributed by atoms with E-state index in [4.69, 9.17) is 9.68 Å². The molecule has 4 aromatic rings. The SMILES string of the molecule is N#CC1(NC(=O)Cc2nnc(Cc3nc4ccc(-c5nccs5)cc4s3)o2)CC1. The van der Waals surface area contributed by atoms with Crippen molar-refractivity contribution in [2.75, 3.05) is 0 Å². The molecular weight excluding hydrogens is 408 g/mol. The molecule has 0 bridgehead atoms. The van der Waals surface area contributed by atoms with Gasteiger partial charge in [0.05, 0.1) is 22.7 Å². The van der Waals surface area contributed by atoms with Crippen LogP contribution in [0.5, 0.6) is 0 Å². The molecule has 8 nitrogen and oxygen atoms in total. The molecule has 0 unspecified atom stereocenters. The van der Waals surface area contributed by atoms with Crippen molar-refractivity contribution in [3.8, 4) is 16.6 Å². The average molecular weight is 422 g/mol. The Bertz CT molecular complexity index is 1230. The predicted octanol–water partition coefficient (Wildman–Crippen LogP) is 3.11. The van der Waals surface area contributed by atoms with E-state index in [1.165, 1.54) is 0 Å². The molecule has 1 N–H and O–H groups in total. The van der Waals surface area contributed by atoms with Gasteiger partial charge in [0.25, 0.3) is 0 Å². The molecule has 0 atom stereocenters. The highest BCUT2D eigenvalue weighted by atomic mass is 32.1. The van der Waals surface area contributed by atoms with Crippen LogP contribution < -0.4 is 5.32 Å². The topological polar surface area (TPSA) is 118 Å². The van der Waals surface area contributed by atoms with Crippen LogP contribution in [0, 0.1) is 11.3 Å². The van der Waals surface area contributed by atoms with Crippen molar-refractivity contribution in [3.63, 3.8) is 0 Å². The first-order valence-corrected chi connectivity index (χ1v) is 10.6. The number of aromatic nitrogens is 4. The van der Waals surface area contributed by atoms with E-state index in [2.05, 4.69) is 37.6 Å². The van der Waals surface area contributed by atoms with Crippen molar-refractivity contribution < 1.29 is 9.21 Å². The summed E-state index contributed by atoms with van der Waals surface area (Å²) >= 11 is 3.17. The Morgan fingerprint density at radius 1 is 1.31 bits per heavy atom. The van der Waals surface area contributed by atoms with Crippen LogP contribution in [-0.4, -0.2) is 31.6 Å². The van der Waals surface area contributed by atoms with Crippen LogP contribution in [0.25, 0.3) is 20.8 Å². The van der Waals surface area contributed by atoms with E-state index in [1.807, 2.05) is 17.5 Å². The number of fused-ring (bicyclic) bond motifs is 1. The van der Waals surface area contributed by atoms with E-state index in [1.54, 1.807) is 28.9 Å². The van der Waals surface area contributed by atoms with Crippen LogP contribution in [0.4, 0.5) is 0 Å². The largest absolute Gasteiger partial charge is 0.424 e. The van der Waals surface area contributed by atoms with E-state index in [9.17, 15) is 4.79 Å². The van der Waals surface area contributed by atoms with Gasteiger partial charge in [-0.2, -0.15) is 5.26 Å². The molecule has 1 fully saturated rings. The van der Waals surface area contributed by atoms with Gasteiger partial charge in [-0.15, -0.1) is 32.9 Å². The number of nitrogens with one attached hydrogen (secondary N) is 1. The van der Waals surface area contributed by atoms with Crippen LogP contribution in [0.3, 0.4) is 0 Å². The number of nitriles is 1. The number of benzene rings is 1. The third-order valence-corrected chi connectivity index (χ3v) is 6.42. The van der Waals surface area contributed by atoms with Gasteiger partial charge in [0.15, 0.2) is 0 Å². The predicted molar refractivity (Wildman–Crippen MR) is 107 cm³/mol. The van der Waals surface area contributed by atoms with Gasteiger partial charge in [-0.05, 0) is 31.0 Å². The molecule has 1 amide bonds. The maximum atomic E-state index is 12.0. The maximum Gasteiger partial charge on any atom is 0.230 e. The van der Waals surface area contributed by atoms with Crippen molar-refractivity contribution in [2.24, 2.45) is 0 Å². The Morgan fingerprint density at radius 3 is 2.93 bits per heavy atom. The minimum Gasteiger partial charge on any atom is -0.424 e. The lowest BCUT2D eigenvalue weighted by Crippen LogP contribution is -2.36. The second kappa shape index (κ2) is 7.02. The Hall–Kier alpha value is -3.16. The Balaban J connectivity index is 1.27. The number of hydrogen-bond acceptors (Lipinski definition) is 9. The second-order valence-electron chi connectivity index (χ2n) is 6.81. The first-order valence-electron chi connectivity index (χ1n) is 8.95. The average Bonchev–Trinajstić information content (AvgIpc) is 3.13. The van der Waals surface area contributed by atoms with E-state index in [-0.39, 0.29) is 18.2 Å². The van der Waals surface area contributed by atoms with Gasteiger partial charge in [0.1, 0.15) is 22.0 Å². The van der Waals surface area contributed by atoms with Crippen LogP contribution >= 0.6 is 22.7 Å². The van der Waals surface area contributed by atoms with Crippen molar-refractivity contribution in [2.45, 2.75) is 31.2 Å². The highest BCUT2D eigenvalue weighted by Crippen LogP contribution is 2.34. The Morgan fingerprint density at radius 2 is 2.17 bits per heavy atom. The van der Waals surface area contributed by atoms with E-state index < -0.39 is 5.54 Å². The smallest absolute Gasteiger partial charge is 0.230 e. The lowest BCUT2D eigenvalue weighted by Gasteiger charge is -2.06. The highest BCUT2D eigenvalue weighted by Gasteiger charge is 2.44. The molecule has 1 aliphatic carbocycles. The van der Waals surface area contributed by atoms with E-state index in [0.29, 0.717) is 25.2 Å². The van der Waals surface area contributed by atoms with Gasteiger partial charge in [0, 0.05) is 17.1 Å². The molecule has 10 heteroatoms. The quantitative estimate of drug-likeness (QED) is 0.507. The molecule has 0 radical (unpaired) electrons. The standard InChI is InChI=1S/C19H14N6O2S2/c20-10-19(3-4-19)23-14(26)8-15-24-25-16(27-15)9-17-22-12-2-1-11(7-13(12)29-17)18-21-5-6-28-18/h1-2,5-7H,3-4,8-9H2,(H,23,26). The lowest BCUT2D eigenvalue weighted by molar-refractivity contribution is -0.121. The fourth-order valence-electron chi connectivity index (χ4n) is 2.95. The van der Waals surface area contributed by atoms with E-state index >= 15 is 0 Å². The van der Waals surface area contributed by atoms with Gasteiger partial charge in [-0.3, -0.25) is 4.79 Å². The minimum atomic E-state index is -0.696. The summed E-state index contributed by atoms with van der Waals surface area (Å²) < 4.78 is 6.67. The second-order valence-corrected chi connectivity index (χ2v) is 8.82. The summed E-state index contributed by atoms with van der Waals surface area (Å²) in [6, 6.07) is 8.21. The third-order valence-electron chi connectivity index (χ3n) is 4.58.